The molecule has 0 amide bonds. The minimum Gasteiger partial charge on any atom is -0.398 e. The predicted octanol–water partition coefficient (Wildman–Crippen LogP) is 3.76. The number of hydrogen-bond donors (Lipinski definition) is 2. The SMILES string of the molecule is Cc1ccc(S(=O)(=O)Nc2c(C)cc(Br)cc2C)c(N)c1. The van der Waals surface area contributed by atoms with Crippen LogP contribution in [-0.2, 0) is 10.0 Å². The fourth-order valence-corrected chi connectivity index (χ4v) is 4.18. The number of rotatable bonds is 3. The summed E-state index contributed by atoms with van der Waals surface area (Å²) in [6, 6.07) is 8.63. The van der Waals surface area contributed by atoms with Crippen LogP contribution in [0.1, 0.15) is 16.7 Å². The smallest absolute Gasteiger partial charge is 0.263 e. The molecule has 0 radical (unpaired) electrons. The molecule has 0 bridgehead atoms. The topological polar surface area (TPSA) is 72.2 Å². The van der Waals surface area contributed by atoms with E-state index in [-0.39, 0.29) is 10.6 Å². The Kier molecular flexibility index (Phi) is 4.30. The highest BCUT2D eigenvalue weighted by molar-refractivity contribution is 9.10. The molecule has 6 heteroatoms. The van der Waals surface area contributed by atoms with Gasteiger partial charge in [-0.2, -0.15) is 0 Å². The number of sulfonamides is 1. The number of benzene rings is 2. The van der Waals surface area contributed by atoms with Crippen molar-refractivity contribution in [2.24, 2.45) is 0 Å². The van der Waals surface area contributed by atoms with Crippen molar-refractivity contribution in [1.29, 1.82) is 0 Å². The van der Waals surface area contributed by atoms with E-state index in [1.54, 1.807) is 12.1 Å². The first-order valence-electron chi connectivity index (χ1n) is 6.36. The summed E-state index contributed by atoms with van der Waals surface area (Å²) in [5, 5.41) is 0. The maximum atomic E-state index is 12.5. The second-order valence-corrected chi connectivity index (χ2v) is 7.63. The molecule has 112 valence electrons. The lowest BCUT2D eigenvalue weighted by Gasteiger charge is -2.15. The Labute approximate surface area is 133 Å². The van der Waals surface area contributed by atoms with Crippen molar-refractivity contribution in [2.45, 2.75) is 25.7 Å². The molecule has 0 fully saturated rings. The summed E-state index contributed by atoms with van der Waals surface area (Å²) in [6.07, 6.45) is 0. The number of anilines is 2. The second-order valence-electron chi connectivity index (χ2n) is 5.06. The normalized spacial score (nSPS) is 11.4. The van der Waals surface area contributed by atoms with Crippen molar-refractivity contribution < 1.29 is 8.42 Å². The van der Waals surface area contributed by atoms with Crippen LogP contribution in [0.25, 0.3) is 0 Å². The van der Waals surface area contributed by atoms with E-state index in [2.05, 4.69) is 20.7 Å². The van der Waals surface area contributed by atoms with Gasteiger partial charge in [-0.15, -0.1) is 0 Å². The Morgan fingerprint density at radius 1 is 1.05 bits per heavy atom. The first kappa shape index (κ1) is 15.9. The van der Waals surface area contributed by atoms with Crippen molar-refractivity contribution >= 4 is 37.3 Å². The van der Waals surface area contributed by atoms with E-state index >= 15 is 0 Å². The Morgan fingerprint density at radius 3 is 2.14 bits per heavy atom. The molecule has 0 aliphatic carbocycles. The highest BCUT2D eigenvalue weighted by Gasteiger charge is 2.19. The Bertz CT molecular complexity index is 778. The van der Waals surface area contributed by atoms with E-state index in [0.717, 1.165) is 21.2 Å². The Balaban J connectivity index is 2.47. The van der Waals surface area contributed by atoms with E-state index in [1.165, 1.54) is 6.07 Å². The number of hydrogen-bond acceptors (Lipinski definition) is 3. The van der Waals surface area contributed by atoms with Gasteiger partial charge in [0.05, 0.1) is 11.4 Å². The fourth-order valence-electron chi connectivity index (χ4n) is 2.17. The Morgan fingerprint density at radius 2 is 1.62 bits per heavy atom. The molecule has 4 nitrogen and oxygen atoms in total. The zero-order valence-electron chi connectivity index (χ0n) is 12.1. The lowest BCUT2D eigenvalue weighted by atomic mass is 10.1. The number of halogens is 1. The molecule has 0 unspecified atom stereocenters. The van der Waals surface area contributed by atoms with Crippen molar-refractivity contribution in [3.63, 3.8) is 0 Å². The van der Waals surface area contributed by atoms with Gasteiger partial charge in [0.1, 0.15) is 4.90 Å². The van der Waals surface area contributed by atoms with E-state index in [9.17, 15) is 8.42 Å². The molecular weight excluding hydrogens is 352 g/mol. The van der Waals surface area contributed by atoms with Crippen LogP contribution in [0.15, 0.2) is 39.7 Å². The summed E-state index contributed by atoms with van der Waals surface area (Å²) >= 11 is 3.39. The third-order valence-electron chi connectivity index (χ3n) is 3.19. The molecule has 21 heavy (non-hydrogen) atoms. The molecule has 3 N–H and O–H groups in total. The van der Waals surface area contributed by atoms with Crippen LogP contribution < -0.4 is 10.5 Å². The van der Waals surface area contributed by atoms with Gasteiger partial charge >= 0.3 is 0 Å². The molecule has 0 spiro atoms. The van der Waals surface area contributed by atoms with Gasteiger partial charge in [-0.3, -0.25) is 4.72 Å². The maximum Gasteiger partial charge on any atom is 0.263 e. The van der Waals surface area contributed by atoms with Gasteiger partial charge in [0.2, 0.25) is 0 Å². The predicted molar refractivity (Wildman–Crippen MR) is 90.0 cm³/mol. The molecule has 0 saturated heterocycles. The molecule has 2 aromatic rings. The molecule has 0 saturated carbocycles. The summed E-state index contributed by atoms with van der Waals surface area (Å²) < 4.78 is 28.6. The third-order valence-corrected chi connectivity index (χ3v) is 5.07. The molecule has 2 aromatic carbocycles. The second kappa shape index (κ2) is 5.69. The quantitative estimate of drug-likeness (QED) is 0.810. The van der Waals surface area contributed by atoms with Gasteiger partial charge in [0.15, 0.2) is 0 Å². The average Bonchev–Trinajstić information content (AvgIpc) is 2.33. The van der Waals surface area contributed by atoms with Crippen molar-refractivity contribution in [1.82, 2.24) is 0 Å². The van der Waals surface area contributed by atoms with Gasteiger partial charge in [-0.25, -0.2) is 8.42 Å². The summed E-state index contributed by atoms with van der Waals surface area (Å²) in [5.41, 5.74) is 9.27. The number of nitrogens with two attached hydrogens (primary N) is 1. The van der Waals surface area contributed by atoms with Gasteiger partial charge in [0.25, 0.3) is 10.0 Å². The van der Waals surface area contributed by atoms with Gasteiger partial charge in [0, 0.05) is 4.47 Å². The van der Waals surface area contributed by atoms with Crippen LogP contribution >= 0.6 is 15.9 Å². The van der Waals surface area contributed by atoms with Crippen LogP contribution in [0.5, 0.6) is 0 Å². The van der Waals surface area contributed by atoms with Gasteiger partial charge < -0.3 is 5.73 Å². The number of nitrogens with one attached hydrogen (secondary N) is 1. The largest absolute Gasteiger partial charge is 0.398 e. The van der Waals surface area contributed by atoms with Crippen LogP contribution in [-0.4, -0.2) is 8.42 Å². The zero-order chi connectivity index (χ0) is 15.8. The summed E-state index contributed by atoms with van der Waals surface area (Å²) in [5.74, 6) is 0. The molecule has 2 rings (SSSR count). The third kappa shape index (κ3) is 3.39. The minimum absolute atomic E-state index is 0.0924. The molecule has 0 aliphatic heterocycles. The summed E-state index contributed by atoms with van der Waals surface area (Å²) in [7, 11) is -3.71. The monoisotopic (exact) mass is 368 g/mol. The summed E-state index contributed by atoms with van der Waals surface area (Å²) in [6.45, 7) is 5.57. The van der Waals surface area contributed by atoms with E-state index < -0.39 is 10.0 Å². The lowest BCUT2D eigenvalue weighted by Crippen LogP contribution is -2.16. The van der Waals surface area contributed by atoms with Crippen molar-refractivity contribution in [3.8, 4) is 0 Å². The molecular formula is C15H17BrN2O2S. The van der Waals surface area contributed by atoms with E-state index in [4.69, 9.17) is 5.73 Å². The first-order valence-corrected chi connectivity index (χ1v) is 8.64. The lowest BCUT2D eigenvalue weighted by molar-refractivity contribution is 0.601. The highest BCUT2D eigenvalue weighted by Crippen LogP contribution is 2.29. The number of aryl methyl sites for hydroxylation is 3. The van der Waals surface area contributed by atoms with Crippen LogP contribution in [0, 0.1) is 20.8 Å². The molecule has 0 aromatic heterocycles. The molecule has 0 aliphatic rings. The van der Waals surface area contributed by atoms with Gasteiger partial charge in [-0.05, 0) is 61.7 Å². The van der Waals surface area contributed by atoms with E-state index in [1.807, 2.05) is 32.9 Å². The van der Waals surface area contributed by atoms with Crippen LogP contribution in [0.4, 0.5) is 11.4 Å². The zero-order valence-corrected chi connectivity index (χ0v) is 14.5. The maximum absolute atomic E-state index is 12.5. The van der Waals surface area contributed by atoms with Crippen LogP contribution in [0.2, 0.25) is 0 Å². The number of nitrogen functional groups attached to an aromatic ring is 1. The Hall–Kier alpha value is -1.53. The molecule has 0 atom stereocenters. The highest BCUT2D eigenvalue weighted by atomic mass is 79.9. The average molecular weight is 369 g/mol. The fraction of sp³-hybridized carbons (Fsp3) is 0.200. The molecule has 0 heterocycles. The summed E-state index contributed by atoms with van der Waals surface area (Å²) in [4.78, 5) is 0.0924. The first-order chi connectivity index (χ1) is 9.70. The van der Waals surface area contributed by atoms with Gasteiger partial charge in [-0.1, -0.05) is 22.0 Å². The minimum atomic E-state index is -3.71. The van der Waals surface area contributed by atoms with Crippen molar-refractivity contribution in [2.75, 3.05) is 10.5 Å². The van der Waals surface area contributed by atoms with E-state index in [0.29, 0.717) is 5.69 Å². The standard InChI is InChI=1S/C15H17BrN2O2S/c1-9-4-5-14(13(17)6-9)21(19,20)18-15-10(2)7-12(16)8-11(15)3/h4-8,18H,17H2,1-3H3. The van der Waals surface area contributed by atoms with Crippen molar-refractivity contribution in [3.05, 3.63) is 51.5 Å². The van der Waals surface area contributed by atoms with Crippen LogP contribution in [0.3, 0.4) is 0 Å².